The van der Waals surface area contributed by atoms with Crippen molar-refractivity contribution in [3.63, 3.8) is 0 Å². The van der Waals surface area contributed by atoms with E-state index in [0.29, 0.717) is 0 Å². The highest BCUT2D eigenvalue weighted by Crippen LogP contribution is 2.42. The molecule has 0 saturated heterocycles. The Balaban J connectivity index is 1.57. The maximum absolute atomic E-state index is 2.47. The van der Waals surface area contributed by atoms with Crippen molar-refractivity contribution in [3.8, 4) is 0 Å². The van der Waals surface area contributed by atoms with Gasteiger partial charge in [-0.15, -0.1) is 0 Å². The smallest absolute Gasteiger partial charge is 0.0298 e. The van der Waals surface area contributed by atoms with Gasteiger partial charge in [0, 0.05) is 5.41 Å². The van der Waals surface area contributed by atoms with Crippen LogP contribution in [0.5, 0.6) is 0 Å². The van der Waals surface area contributed by atoms with E-state index in [2.05, 4.69) is 182 Å². The lowest BCUT2D eigenvalue weighted by Gasteiger charge is -2.30. The molecule has 1 aliphatic rings. The van der Waals surface area contributed by atoms with E-state index in [9.17, 15) is 0 Å². The maximum atomic E-state index is 2.47. The molecule has 40 heavy (non-hydrogen) atoms. The summed E-state index contributed by atoms with van der Waals surface area (Å²) >= 11 is 0. The average Bonchev–Trinajstić information content (AvgIpc) is 3.05. The molecule has 0 N–H and O–H groups in total. The van der Waals surface area contributed by atoms with E-state index in [1.807, 2.05) is 0 Å². The topological polar surface area (TPSA) is 0 Å². The Morgan fingerprint density at radius 3 is 1.12 bits per heavy atom. The summed E-state index contributed by atoms with van der Waals surface area (Å²) in [6, 6.07) is 53.7. The highest BCUT2D eigenvalue weighted by atomic mass is 14.3. The van der Waals surface area contributed by atoms with Crippen molar-refractivity contribution in [2.75, 3.05) is 0 Å². The first-order valence-electron chi connectivity index (χ1n) is 13.9. The second-order valence-corrected chi connectivity index (χ2v) is 10.3. The monoisotopic (exact) mass is 512 g/mol. The van der Waals surface area contributed by atoms with E-state index in [1.54, 1.807) is 0 Å². The van der Waals surface area contributed by atoms with Gasteiger partial charge in [0.05, 0.1) is 0 Å². The predicted octanol–water partition coefficient (Wildman–Crippen LogP) is 10.3. The molecule has 0 heterocycles. The molecule has 0 unspecified atom stereocenters. The minimum atomic E-state index is -0.333. The Kier molecular flexibility index (Phi) is 7.51. The van der Waals surface area contributed by atoms with Gasteiger partial charge in [-0.05, 0) is 51.0 Å². The number of hydrogen-bond donors (Lipinski definition) is 0. The number of benzene rings is 5. The highest BCUT2D eigenvalue weighted by molar-refractivity contribution is 5.85. The summed E-state index contributed by atoms with van der Waals surface area (Å²) in [7, 11) is 0. The summed E-state index contributed by atoms with van der Waals surface area (Å²) in [6.07, 6.45) is 12.9. The highest BCUT2D eigenvalue weighted by Gasteiger charge is 2.27. The van der Waals surface area contributed by atoms with E-state index >= 15 is 0 Å². The minimum Gasteiger partial charge on any atom is -0.0752 e. The summed E-state index contributed by atoms with van der Waals surface area (Å²) in [4.78, 5) is 0. The van der Waals surface area contributed by atoms with E-state index < -0.39 is 0 Å². The number of rotatable bonds is 7. The third kappa shape index (κ3) is 5.72. The molecule has 0 atom stereocenters. The molecule has 5 aromatic rings. The average molecular weight is 513 g/mol. The molecule has 0 heteroatoms. The van der Waals surface area contributed by atoms with Gasteiger partial charge >= 0.3 is 0 Å². The number of hydrogen-bond acceptors (Lipinski definition) is 0. The lowest BCUT2D eigenvalue weighted by molar-refractivity contribution is 0.639. The fraction of sp³-hybridized carbons (Fsp3) is 0.0500. The fourth-order valence-corrected chi connectivity index (χ4v) is 5.44. The van der Waals surface area contributed by atoms with Crippen LogP contribution >= 0.6 is 0 Å². The molecule has 0 aromatic heterocycles. The zero-order valence-electron chi connectivity index (χ0n) is 22.5. The van der Waals surface area contributed by atoms with Crippen LogP contribution in [0.1, 0.15) is 34.2 Å². The van der Waals surface area contributed by atoms with Gasteiger partial charge in [-0.2, -0.15) is 0 Å². The second-order valence-electron chi connectivity index (χ2n) is 10.3. The Hall–Kier alpha value is -4.94. The lowest BCUT2D eigenvalue weighted by atomic mass is 9.74. The van der Waals surface area contributed by atoms with E-state index in [0.717, 1.165) is 6.42 Å². The van der Waals surface area contributed by atoms with Gasteiger partial charge in [0.15, 0.2) is 0 Å². The third-order valence-corrected chi connectivity index (χ3v) is 7.52. The van der Waals surface area contributed by atoms with Crippen LogP contribution in [0.15, 0.2) is 182 Å². The van der Waals surface area contributed by atoms with Crippen LogP contribution in [-0.4, -0.2) is 0 Å². The van der Waals surface area contributed by atoms with Crippen LogP contribution in [0.25, 0.3) is 16.7 Å². The Bertz CT molecular complexity index is 1480. The van der Waals surface area contributed by atoms with Gasteiger partial charge in [-0.25, -0.2) is 0 Å². The second kappa shape index (κ2) is 11.8. The van der Waals surface area contributed by atoms with Crippen molar-refractivity contribution >= 4 is 16.7 Å². The zero-order valence-corrected chi connectivity index (χ0v) is 22.5. The standard InChI is InChI=1S/C40H32/c1-6-16-32(17-7-1)33-26-28-40(29-27-33,30-38(34-18-8-2-9-19-34)35-20-10-3-11-21-35)31-39(36-22-12-4-13-23-36)37-24-14-5-15-25-37/h1-28,30-31H,29H2. The van der Waals surface area contributed by atoms with Crippen molar-refractivity contribution < 1.29 is 0 Å². The molecule has 0 aliphatic heterocycles. The minimum absolute atomic E-state index is 0.333. The lowest BCUT2D eigenvalue weighted by Crippen LogP contribution is -2.16. The molecule has 0 fully saturated rings. The van der Waals surface area contributed by atoms with E-state index in [1.165, 1.54) is 44.5 Å². The Morgan fingerprint density at radius 2 is 0.800 bits per heavy atom. The Labute approximate surface area is 238 Å². The summed E-state index contributed by atoms with van der Waals surface area (Å²) in [6.45, 7) is 0. The Morgan fingerprint density at radius 1 is 0.450 bits per heavy atom. The van der Waals surface area contributed by atoms with Crippen LogP contribution in [0, 0.1) is 5.41 Å². The largest absolute Gasteiger partial charge is 0.0752 e. The van der Waals surface area contributed by atoms with E-state index in [-0.39, 0.29) is 5.41 Å². The molecule has 192 valence electrons. The van der Waals surface area contributed by atoms with Gasteiger partial charge in [0.25, 0.3) is 0 Å². The molecule has 0 amide bonds. The van der Waals surface area contributed by atoms with Gasteiger partial charge in [-0.3, -0.25) is 0 Å². The zero-order chi connectivity index (χ0) is 27.0. The van der Waals surface area contributed by atoms with Crippen LogP contribution in [0.3, 0.4) is 0 Å². The van der Waals surface area contributed by atoms with Crippen molar-refractivity contribution in [3.05, 3.63) is 210 Å². The molecule has 0 spiro atoms. The molecular weight excluding hydrogens is 480 g/mol. The van der Waals surface area contributed by atoms with Crippen LogP contribution in [0.2, 0.25) is 0 Å². The first-order valence-corrected chi connectivity index (χ1v) is 13.9. The normalized spacial score (nSPS) is 13.7. The molecule has 0 nitrogen and oxygen atoms in total. The first kappa shape index (κ1) is 25.3. The molecular formula is C40H32. The van der Waals surface area contributed by atoms with Crippen molar-refractivity contribution in [2.45, 2.75) is 6.42 Å². The summed E-state index contributed by atoms with van der Waals surface area (Å²) < 4.78 is 0. The quantitative estimate of drug-likeness (QED) is 0.203. The summed E-state index contributed by atoms with van der Waals surface area (Å²) in [5.41, 5.74) is 9.52. The van der Waals surface area contributed by atoms with Crippen LogP contribution < -0.4 is 0 Å². The summed E-state index contributed by atoms with van der Waals surface area (Å²) in [5, 5.41) is 0. The molecule has 1 aliphatic carbocycles. The fourth-order valence-electron chi connectivity index (χ4n) is 5.44. The molecule has 5 aromatic carbocycles. The van der Waals surface area contributed by atoms with Crippen LogP contribution in [0.4, 0.5) is 0 Å². The maximum Gasteiger partial charge on any atom is 0.0298 e. The van der Waals surface area contributed by atoms with Crippen molar-refractivity contribution in [1.82, 2.24) is 0 Å². The predicted molar refractivity (Wildman–Crippen MR) is 171 cm³/mol. The molecule has 0 bridgehead atoms. The molecule has 0 radical (unpaired) electrons. The summed E-state index contributed by atoms with van der Waals surface area (Å²) in [5.74, 6) is 0. The molecule has 0 saturated carbocycles. The molecule has 6 rings (SSSR count). The van der Waals surface area contributed by atoms with Crippen LogP contribution in [-0.2, 0) is 0 Å². The SMILES string of the molecule is C1=CC(C=C(c2ccccc2)c2ccccc2)(C=C(c2ccccc2)c2ccccc2)CC=C1c1ccccc1. The van der Waals surface area contributed by atoms with Gasteiger partial charge in [0.2, 0.25) is 0 Å². The first-order chi connectivity index (χ1) is 19.8. The number of allylic oxidation sites excluding steroid dienone is 6. The van der Waals surface area contributed by atoms with Crippen molar-refractivity contribution in [2.24, 2.45) is 5.41 Å². The van der Waals surface area contributed by atoms with Crippen molar-refractivity contribution in [1.29, 1.82) is 0 Å². The van der Waals surface area contributed by atoms with Gasteiger partial charge < -0.3 is 0 Å². The van der Waals surface area contributed by atoms with Gasteiger partial charge in [-0.1, -0.05) is 182 Å². The van der Waals surface area contributed by atoms with Gasteiger partial charge in [0.1, 0.15) is 0 Å². The third-order valence-electron chi connectivity index (χ3n) is 7.52. The van der Waals surface area contributed by atoms with E-state index in [4.69, 9.17) is 0 Å².